The Morgan fingerprint density at radius 1 is 1.18 bits per heavy atom. The molecule has 0 aromatic carbocycles. The number of carbonyl (C=O) groups is 1. The van der Waals surface area contributed by atoms with Crippen LogP contribution in [0.15, 0.2) is 0 Å². The molecule has 0 heterocycles. The smallest absolute Gasteiger partial charge is 0.219 e. The zero-order valence-corrected chi connectivity index (χ0v) is 10.7. The van der Waals surface area contributed by atoms with Crippen LogP contribution in [-0.4, -0.2) is 18.0 Å². The molecule has 96 valence electrons. The number of carbonyl (C=O) groups excluding carboxylic acids is 1. The lowest BCUT2D eigenvalue weighted by molar-refractivity contribution is -0.127. The van der Waals surface area contributed by atoms with Crippen LogP contribution in [0.4, 0.5) is 0 Å². The molecule has 0 spiro atoms. The Morgan fingerprint density at radius 2 is 1.71 bits per heavy atom. The van der Waals surface area contributed by atoms with Gasteiger partial charge in [-0.25, -0.2) is 0 Å². The fourth-order valence-electron chi connectivity index (χ4n) is 5.28. The standard InChI is InChI=1S/C14H24N2O/c1-2-16-14(8-13(15)17)11-4-9-3-10(6-11)7-12(14)5-9/h9-12,16H,2-8H2,1H3,(H2,15,17). The first-order valence-corrected chi connectivity index (χ1v) is 7.17. The first kappa shape index (κ1) is 11.5. The molecule has 4 bridgehead atoms. The molecule has 3 heteroatoms. The van der Waals surface area contributed by atoms with E-state index in [1.807, 2.05) is 0 Å². The molecule has 0 aromatic heterocycles. The van der Waals surface area contributed by atoms with Gasteiger partial charge in [0.2, 0.25) is 5.91 Å². The predicted molar refractivity (Wildman–Crippen MR) is 67.3 cm³/mol. The maximum atomic E-state index is 11.5. The highest BCUT2D eigenvalue weighted by molar-refractivity contribution is 5.75. The van der Waals surface area contributed by atoms with Crippen molar-refractivity contribution >= 4 is 5.91 Å². The Hall–Kier alpha value is -0.570. The summed E-state index contributed by atoms with van der Waals surface area (Å²) in [4.78, 5) is 11.5. The fraction of sp³-hybridized carbons (Fsp3) is 0.929. The summed E-state index contributed by atoms with van der Waals surface area (Å²) in [5, 5.41) is 3.67. The van der Waals surface area contributed by atoms with Gasteiger partial charge in [0, 0.05) is 12.0 Å². The number of primary amides is 1. The minimum atomic E-state index is -0.126. The average molecular weight is 236 g/mol. The van der Waals surface area contributed by atoms with Crippen LogP contribution in [0.1, 0.15) is 45.4 Å². The van der Waals surface area contributed by atoms with E-state index in [0.29, 0.717) is 18.3 Å². The van der Waals surface area contributed by atoms with E-state index in [1.165, 1.54) is 32.1 Å². The Labute approximate surface area is 104 Å². The molecule has 0 radical (unpaired) electrons. The summed E-state index contributed by atoms with van der Waals surface area (Å²) in [6.07, 6.45) is 7.31. The van der Waals surface area contributed by atoms with Gasteiger partial charge in [0.15, 0.2) is 0 Å². The van der Waals surface area contributed by atoms with E-state index in [9.17, 15) is 4.79 Å². The molecule has 4 saturated carbocycles. The molecule has 0 unspecified atom stereocenters. The SMILES string of the molecule is CCNC1(CC(N)=O)C2CC3CC(C2)CC1C3. The van der Waals surface area contributed by atoms with Crippen LogP contribution in [0.2, 0.25) is 0 Å². The third-order valence-corrected chi connectivity index (χ3v) is 5.57. The summed E-state index contributed by atoms with van der Waals surface area (Å²) in [6, 6.07) is 0. The second-order valence-corrected chi connectivity index (χ2v) is 6.52. The summed E-state index contributed by atoms with van der Waals surface area (Å²) >= 11 is 0. The Kier molecular flexibility index (Phi) is 2.69. The molecule has 17 heavy (non-hydrogen) atoms. The maximum absolute atomic E-state index is 11.5. The zero-order valence-electron chi connectivity index (χ0n) is 10.7. The monoisotopic (exact) mass is 236 g/mol. The van der Waals surface area contributed by atoms with Crippen molar-refractivity contribution in [2.45, 2.75) is 51.0 Å². The Bertz CT molecular complexity index is 298. The third-order valence-electron chi connectivity index (χ3n) is 5.57. The molecule has 0 saturated heterocycles. The molecule has 3 N–H and O–H groups in total. The van der Waals surface area contributed by atoms with Gasteiger partial charge in [0.1, 0.15) is 0 Å². The van der Waals surface area contributed by atoms with Gasteiger partial charge in [0.05, 0.1) is 0 Å². The normalized spacial score (nSPS) is 47.4. The van der Waals surface area contributed by atoms with Crippen LogP contribution in [0.25, 0.3) is 0 Å². The molecule has 0 atom stereocenters. The van der Waals surface area contributed by atoms with E-state index in [0.717, 1.165) is 18.4 Å². The van der Waals surface area contributed by atoms with Crippen molar-refractivity contribution in [1.29, 1.82) is 0 Å². The van der Waals surface area contributed by atoms with E-state index in [2.05, 4.69) is 12.2 Å². The first-order valence-electron chi connectivity index (χ1n) is 7.17. The van der Waals surface area contributed by atoms with E-state index in [4.69, 9.17) is 5.73 Å². The number of hydrogen-bond acceptors (Lipinski definition) is 2. The lowest BCUT2D eigenvalue weighted by Crippen LogP contribution is -2.66. The van der Waals surface area contributed by atoms with Gasteiger partial charge in [0.25, 0.3) is 0 Å². The molecule has 4 aliphatic carbocycles. The third kappa shape index (κ3) is 1.70. The second-order valence-electron chi connectivity index (χ2n) is 6.52. The first-order chi connectivity index (χ1) is 8.14. The van der Waals surface area contributed by atoms with Crippen molar-refractivity contribution < 1.29 is 4.79 Å². The van der Waals surface area contributed by atoms with Crippen molar-refractivity contribution in [3.05, 3.63) is 0 Å². The number of nitrogens with one attached hydrogen (secondary N) is 1. The maximum Gasteiger partial charge on any atom is 0.219 e. The summed E-state index contributed by atoms with van der Waals surface area (Å²) in [6.45, 7) is 3.10. The lowest BCUT2D eigenvalue weighted by Gasteiger charge is -2.61. The molecule has 3 nitrogen and oxygen atoms in total. The van der Waals surface area contributed by atoms with Gasteiger partial charge in [-0.1, -0.05) is 6.92 Å². The lowest BCUT2D eigenvalue weighted by atomic mass is 9.48. The average Bonchev–Trinajstić information content (AvgIpc) is 2.24. The molecule has 1 amide bonds. The molecule has 4 rings (SSSR count). The van der Waals surface area contributed by atoms with Crippen LogP contribution in [0, 0.1) is 23.7 Å². The largest absolute Gasteiger partial charge is 0.370 e. The van der Waals surface area contributed by atoms with Crippen molar-refractivity contribution in [1.82, 2.24) is 5.32 Å². The van der Waals surface area contributed by atoms with E-state index in [1.54, 1.807) is 0 Å². The van der Waals surface area contributed by atoms with Crippen molar-refractivity contribution in [2.24, 2.45) is 29.4 Å². The van der Waals surface area contributed by atoms with Crippen molar-refractivity contribution in [2.75, 3.05) is 6.54 Å². The zero-order chi connectivity index (χ0) is 12.0. The predicted octanol–water partition coefficient (Wildman–Crippen LogP) is 1.67. The Morgan fingerprint density at radius 3 is 2.12 bits per heavy atom. The topological polar surface area (TPSA) is 55.1 Å². The van der Waals surface area contributed by atoms with Crippen LogP contribution >= 0.6 is 0 Å². The number of hydrogen-bond donors (Lipinski definition) is 2. The van der Waals surface area contributed by atoms with Crippen LogP contribution in [0.3, 0.4) is 0 Å². The van der Waals surface area contributed by atoms with E-state index in [-0.39, 0.29) is 11.4 Å². The summed E-state index contributed by atoms with van der Waals surface area (Å²) in [7, 11) is 0. The highest BCUT2D eigenvalue weighted by Gasteiger charge is 2.57. The van der Waals surface area contributed by atoms with E-state index >= 15 is 0 Å². The number of rotatable bonds is 4. The van der Waals surface area contributed by atoms with Gasteiger partial charge < -0.3 is 11.1 Å². The van der Waals surface area contributed by atoms with Gasteiger partial charge in [-0.3, -0.25) is 4.79 Å². The number of amides is 1. The molecule has 0 aliphatic heterocycles. The number of nitrogens with two attached hydrogens (primary N) is 1. The van der Waals surface area contributed by atoms with E-state index < -0.39 is 0 Å². The minimum Gasteiger partial charge on any atom is -0.370 e. The van der Waals surface area contributed by atoms with Gasteiger partial charge in [-0.15, -0.1) is 0 Å². The summed E-state index contributed by atoms with van der Waals surface area (Å²) in [5.41, 5.74) is 5.56. The van der Waals surface area contributed by atoms with Gasteiger partial charge >= 0.3 is 0 Å². The van der Waals surface area contributed by atoms with Gasteiger partial charge in [-0.05, 0) is 62.3 Å². The molecule has 0 aromatic rings. The van der Waals surface area contributed by atoms with Crippen molar-refractivity contribution in [3.63, 3.8) is 0 Å². The molecule has 4 fully saturated rings. The van der Waals surface area contributed by atoms with Crippen LogP contribution in [-0.2, 0) is 4.79 Å². The quantitative estimate of drug-likeness (QED) is 0.780. The molecular weight excluding hydrogens is 212 g/mol. The molecular formula is C14H24N2O. The summed E-state index contributed by atoms with van der Waals surface area (Å²) in [5.74, 6) is 3.16. The van der Waals surface area contributed by atoms with Crippen LogP contribution < -0.4 is 11.1 Å². The van der Waals surface area contributed by atoms with Gasteiger partial charge in [-0.2, -0.15) is 0 Å². The Balaban J connectivity index is 1.89. The minimum absolute atomic E-state index is 0.0496. The second kappa shape index (κ2) is 3.98. The summed E-state index contributed by atoms with van der Waals surface area (Å²) < 4.78 is 0. The van der Waals surface area contributed by atoms with Crippen LogP contribution in [0.5, 0.6) is 0 Å². The van der Waals surface area contributed by atoms with Crippen molar-refractivity contribution in [3.8, 4) is 0 Å². The molecule has 4 aliphatic rings. The fourth-order valence-corrected chi connectivity index (χ4v) is 5.28. The highest BCUT2D eigenvalue weighted by atomic mass is 16.1. The highest BCUT2D eigenvalue weighted by Crippen LogP contribution is 2.59.